The summed E-state index contributed by atoms with van der Waals surface area (Å²) in [7, 11) is -2.10. The fraction of sp³-hybridized carbons (Fsp3) is 0.571. The minimum atomic E-state index is -3.51. The molecule has 4 N–H and O–H groups in total. The monoisotopic (exact) mass is 297 g/mol. The van der Waals surface area contributed by atoms with Crippen LogP contribution in [0.15, 0.2) is 23.1 Å². The Morgan fingerprint density at radius 3 is 2.70 bits per heavy atom. The van der Waals surface area contributed by atoms with Crippen LogP contribution in [-0.2, 0) is 10.0 Å². The number of anilines is 2. The van der Waals surface area contributed by atoms with Crippen LogP contribution >= 0.6 is 0 Å². The summed E-state index contributed by atoms with van der Waals surface area (Å²) in [4.78, 5) is 0.221. The number of sulfonamides is 1. The first-order valence-corrected chi connectivity index (χ1v) is 8.50. The summed E-state index contributed by atoms with van der Waals surface area (Å²) in [5.74, 6) is 0.680. The smallest absolute Gasteiger partial charge is 0.242 e. The first-order chi connectivity index (χ1) is 9.42. The highest BCUT2D eigenvalue weighted by molar-refractivity contribution is 7.89. The molecule has 1 aromatic carbocycles. The molecule has 1 aliphatic carbocycles. The zero-order chi connectivity index (χ0) is 14.8. The Morgan fingerprint density at radius 2 is 2.05 bits per heavy atom. The van der Waals surface area contributed by atoms with Crippen LogP contribution in [0.4, 0.5) is 11.4 Å². The van der Waals surface area contributed by atoms with Crippen LogP contribution in [0.5, 0.6) is 0 Å². The number of rotatable bonds is 4. The van der Waals surface area contributed by atoms with Crippen molar-refractivity contribution in [2.45, 2.75) is 43.5 Å². The van der Waals surface area contributed by atoms with E-state index in [4.69, 9.17) is 5.73 Å². The van der Waals surface area contributed by atoms with Gasteiger partial charge in [-0.3, -0.25) is 0 Å². The molecule has 0 amide bonds. The van der Waals surface area contributed by atoms with Crippen molar-refractivity contribution >= 4 is 21.4 Å². The zero-order valence-corrected chi connectivity index (χ0v) is 12.8. The predicted octanol–water partition coefficient (Wildman–Crippen LogP) is 2.17. The third kappa shape index (κ3) is 3.43. The second-order valence-electron chi connectivity index (χ2n) is 5.58. The first kappa shape index (κ1) is 15.1. The zero-order valence-electron chi connectivity index (χ0n) is 12.0. The highest BCUT2D eigenvalue weighted by Gasteiger charge is 2.22. The standard InChI is InChI=1S/C14H23N3O2S/c1-10-4-3-5-12(8-10)17-13-7-6-11(15)9-14(13)20(18,19)16-2/h6-7,9-10,12,16-17H,3-5,8,15H2,1-2H3. The normalized spacial score (nSPS) is 23.5. The SMILES string of the molecule is CNS(=O)(=O)c1cc(N)ccc1NC1CCCC(C)C1. The van der Waals surface area contributed by atoms with Gasteiger partial charge in [-0.15, -0.1) is 0 Å². The van der Waals surface area contributed by atoms with Gasteiger partial charge >= 0.3 is 0 Å². The fourth-order valence-electron chi connectivity index (χ4n) is 2.78. The lowest BCUT2D eigenvalue weighted by atomic mass is 9.87. The van der Waals surface area contributed by atoms with Gasteiger partial charge in [-0.05, 0) is 44.0 Å². The van der Waals surface area contributed by atoms with E-state index in [1.807, 2.05) is 0 Å². The van der Waals surface area contributed by atoms with E-state index >= 15 is 0 Å². The molecular formula is C14H23N3O2S. The van der Waals surface area contributed by atoms with Gasteiger partial charge in [0, 0.05) is 11.7 Å². The number of nitrogens with two attached hydrogens (primary N) is 1. The third-order valence-electron chi connectivity index (χ3n) is 3.86. The molecule has 112 valence electrons. The second kappa shape index (κ2) is 6.01. The number of hydrogen-bond acceptors (Lipinski definition) is 4. The minimum Gasteiger partial charge on any atom is -0.399 e. The molecule has 0 aliphatic heterocycles. The minimum absolute atomic E-state index is 0.221. The Kier molecular flexibility index (Phi) is 4.55. The van der Waals surface area contributed by atoms with Crippen molar-refractivity contribution in [1.82, 2.24) is 4.72 Å². The van der Waals surface area contributed by atoms with Crippen molar-refractivity contribution < 1.29 is 8.42 Å². The largest absolute Gasteiger partial charge is 0.399 e. The van der Waals surface area contributed by atoms with Gasteiger partial charge in [-0.25, -0.2) is 13.1 Å². The molecule has 0 bridgehead atoms. The van der Waals surface area contributed by atoms with Crippen molar-refractivity contribution in [2.75, 3.05) is 18.1 Å². The molecule has 0 radical (unpaired) electrons. The molecule has 6 heteroatoms. The van der Waals surface area contributed by atoms with Crippen molar-refractivity contribution in [3.05, 3.63) is 18.2 Å². The quantitative estimate of drug-likeness (QED) is 0.744. The Hall–Kier alpha value is -1.27. The molecule has 2 atom stereocenters. The summed E-state index contributed by atoms with van der Waals surface area (Å²) in [6, 6.07) is 5.30. The van der Waals surface area contributed by atoms with E-state index in [-0.39, 0.29) is 4.90 Å². The lowest BCUT2D eigenvalue weighted by Crippen LogP contribution is -2.28. The molecule has 5 nitrogen and oxygen atoms in total. The van der Waals surface area contributed by atoms with E-state index in [0.29, 0.717) is 23.3 Å². The van der Waals surface area contributed by atoms with Gasteiger partial charge in [-0.1, -0.05) is 19.8 Å². The van der Waals surface area contributed by atoms with Crippen molar-refractivity contribution in [1.29, 1.82) is 0 Å². The summed E-state index contributed by atoms with van der Waals surface area (Å²) >= 11 is 0. The average Bonchev–Trinajstić information content (AvgIpc) is 2.41. The molecule has 2 unspecified atom stereocenters. The Labute approximate surface area is 121 Å². The number of benzene rings is 1. The van der Waals surface area contributed by atoms with E-state index in [1.54, 1.807) is 12.1 Å². The number of nitrogen functional groups attached to an aromatic ring is 1. The summed E-state index contributed by atoms with van der Waals surface area (Å²) in [6.45, 7) is 2.24. The highest BCUT2D eigenvalue weighted by atomic mass is 32.2. The van der Waals surface area contributed by atoms with Crippen LogP contribution < -0.4 is 15.8 Å². The van der Waals surface area contributed by atoms with Crippen LogP contribution in [0, 0.1) is 5.92 Å². The molecule has 0 spiro atoms. The summed E-state index contributed by atoms with van der Waals surface area (Å²) in [6.07, 6.45) is 4.58. The molecule has 0 aromatic heterocycles. The van der Waals surface area contributed by atoms with E-state index in [0.717, 1.165) is 12.8 Å². The highest BCUT2D eigenvalue weighted by Crippen LogP contribution is 2.29. The number of nitrogens with one attached hydrogen (secondary N) is 2. The van der Waals surface area contributed by atoms with Crippen LogP contribution in [0.3, 0.4) is 0 Å². The van der Waals surface area contributed by atoms with Gasteiger partial charge in [0.15, 0.2) is 0 Å². The Morgan fingerprint density at radius 1 is 1.30 bits per heavy atom. The van der Waals surface area contributed by atoms with E-state index in [9.17, 15) is 8.42 Å². The molecule has 1 saturated carbocycles. The maximum Gasteiger partial charge on any atom is 0.242 e. The Balaban J connectivity index is 2.27. The molecular weight excluding hydrogens is 274 g/mol. The predicted molar refractivity (Wildman–Crippen MR) is 82.1 cm³/mol. The number of hydrogen-bond donors (Lipinski definition) is 3. The molecule has 1 aliphatic rings. The van der Waals surface area contributed by atoms with Gasteiger partial charge in [0.25, 0.3) is 0 Å². The van der Waals surface area contributed by atoms with Crippen LogP contribution in [0.2, 0.25) is 0 Å². The second-order valence-corrected chi connectivity index (χ2v) is 7.43. The third-order valence-corrected chi connectivity index (χ3v) is 5.31. The van der Waals surface area contributed by atoms with E-state index in [1.165, 1.54) is 26.0 Å². The fourth-order valence-corrected chi connectivity index (χ4v) is 3.70. The van der Waals surface area contributed by atoms with Crippen molar-refractivity contribution in [3.8, 4) is 0 Å². The lowest BCUT2D eigenvalue weighted by molar-refractivity contribution is 0.358. The van der Waals surface area contributed by atoms with Gasteiger partial charge in [0.1, 0.15) is 4.90 Å². The topological polar surface area (TPSA) is 84.2 Å². The molecule has 0 heterocycles. The van der Waals surface area contributed by atoms with Gasteiger partial charge in [-0.2, -0.15) is 0 Å². The van der Waals surface area contributed by atoms with Gasteiger partial charge in [0.05, 0.1) is 5.69 Å². The van der Waals surface area contributed by atoms with E-state index < -0.39 is 10.0 Å². The van der Waals surface area contributed by atoms with Crippen molar-refractivity contribution in [2.24, 2.45) is 5.92 Å². The molecule has 2 rings (SSSR count). The van der Waals surface area contributed by atoms with Crippen LogP contribution in [0.1, 0.15) is 32.6 Å². The summed E-state index contributed by atoms with van der Waals surface area (Å²) in [5.41, 5.74) is 6.79. The molecule has 1 fully saturated rings. The molecule has 0 saturated heterocycles. The maximum absolute atomic E-state index is 12.1. The van der Waals surface area contributed by atoms with Crippen molar-refractivity contribution in [3.63, 3.8) is 0 Å². The first-order valence-electron chi connectivity index (χ1n) is 7.02. The van der Waals surface area contributed by atoms with Gasteiger partial charge < -0.3 is 11.1 Å². The summed E-state index contributed by atoms with van der Waals surface area (Å²) in [5, 5.41) is 3.37. The maximum atomic E-state index is 12.1. The van der Waals surface area contributed by atoms with Gasteiger partial charge in [0.2, 0.25) is 10.0 Å². The lowest BCUT2D eigenvalue weighted by Gasteiger charge is -2.29. The Bertz CT molecular complexity index is 572. The molecule has 20 heavy (non-hydrogen) atoms. The molecule has 1 aromatic rings. The summed E-state index contributed by atoms with van der Waals surface area (Å²) < 4.78 is 26.5. The van der Waals surface area contributed by atoms with Crippen LogP contribution in [-0.4, -0.2) is 21.5 Å². The van der Waals surface area contributed by atoms with Crippen LogP contribution in [0.25, 0.3) is 0 Å². The van der Waals surface area contributed by atoms with E-state index in [2.05, 4.69) is 17.0 Å². The average molecular weight is 297 g/mol.